The summed E-state index contributed by atoms with van der Waals surface area (Å²) in [5.41, 5.74) is 1.46. The van der Waals surface area contributed by atoms with Gasteiger partial charge in [-0.3, -0.25) is 0 Å². The smallest absolute Gasteiger partial charge is 0.338 e. The van der Waals surface area contributed by atoms with Gasteiger partial charge < -0.3 is 9.47 Å². The van der Waals surface area contributed by atoms with Crippen LogP contribution < -0.4 is 4.74 Å². The number of nitrogens with zero attached hydrogens (tertiary/aromatic N) is 2. The summed E-state index contributed by atoms with van der Waals surface area (Å²) in [5, 5.41) is 9.27. The molecule has 164 valence electrons. The van der Waals surface area contributed by atoms with E-state index in [1.54, 1.807) is 36.4 Å². The summed E-state index contributed by atoms with van der Waals surface area (Å²) in [7, 11) is -2.73. The van der Waals surface area contributed by atoms with E-state index in [1.165, 1.54) is 25.3 Å². The highest BCUT2D eigenvalue weighted by atomic mass is 32.2. The Hall–Kier alpha value is -3.67. The Morgan fingerprint density at radius 3 is 2.31 bits per heavy atom. The third kappa shape index (κ3) is 5.32. The van der Waals surface area contributed by atoms with Crippen molar-refractivity contribution < 1.29 is 22.7 Å². The average Bonchev–Trinajstić information content (AvgIpc) is 2.79. The Morgan fingerprint density at radius 2 is 1.69 bits per heavy atom. The number of sulfonamides is 1. The summed E-state index contributed by atoms with van der Waals surface area (Å²) in [4.78, 5) is 12.4. The minimum absolute atomic E-state index is 0.0645. The van der Waals surface area contributed by atoms with Gasteiger partial charge in [0, 0.05) is 6.54 Å². The first-order valence-corrected chi connectivity index (χ1v) is 11.2. The van der Waals surface area contributed by atoms with Crippen molar-refractivity contribution in [3.8, 4) is 17.6 Å². The number of hydrogen-bond donors (Lipinski definition) is 0. The van der Waals surface area contributed by atoms with Crippen molar-refractivity contribution in [3.05, 3.63) is 89.5 Å². The number of carbonyl (C=O) groups is 1. The number of hydrogen-bond acceptors (Lipinski definition) is 6. The average molecular weight is 451 g/mol. The highest BCUT2D eigenvalue weighted by molar-refractivity contribution is 7.89. The van der Waals surface area contributed by atoms with E-state index in [4.69, 9.17) is 9.47 Å². The quantitative estimate of drug-likeness (QED) is 0.375. The highest BCUT2D eigenvalue weighted by Crippen LogP contribution is 2.27. The van der Waals surface area contributed by atoms with Crippen molar-refractivity contribution in [2.45, 2.75) is 18.4 Å². The number of nitriles is 1. The number of ether oxygens (including phenoxy) is 2. The first-order valence-electron chi connectivity index (χ1n) is 9.73. The molecule has 0 fully saturated rings. The lowest BCUT2D eigenvalue weighted by Crippen LogP contribution is -2.31. The molecule has 3 aromatic rings. The van der Waals surface area contributed by atoms with Crippen LogP contribution in [0.25, 0.3) is 0 Å². The normalized spacial score (nSPS) is 11.1. The molecule has 0 aliphatic heterocycles. The minimum atomic E-state index is -3.98. The standard InChI is InChI=1S/C24H22N2O5S/c1-18-8-11-22(12-9-18)32(28,29)26(15-14-25)17-19-16-21(10-13-23(19)24(27)30-2)31-20-6-4-3-5-7-20/h3-13,16H,15,17H2,1-2H3. The van der Waals surface area contributed by atoms with Gasteiger partial charge >= 0.3 is 5.97 Å². The molecule has 0 spiro atoms. The number of carbonyl (C=O) groups excluding carboxylic acids is 1. The molecule has 3 rings (SSSR count). The topological polar surface area (TPSA) is 96.7 Å². The predicted octanol–water partition coefficient (Wildman–Crippen LogP) is 4.29. The van der Waals surface area contributed by atoms with Crippen LogP contribution in [0.5, 0.6) is 11.5 Å². The lowest BCUT2D eigenvalue weighted by atomic mass is 10.1. The SMILES string of the molecule is COC(=O)c1ccc(Oc2ccccc2)cc1CN(CC#N)S(=O)(=O)c1ccc(C)cc1. The summed E-state index contributed by atoms with van der Waals surface area (Å²) < 4.78 is 38.1. The van der Waals surface area contributed by atoms with Gasteiger partial charge in [-0.2, -0.15) is 9.57 Å². The van der Waals surface area contributed by atoms with Crippen LogP contribution >= 0.6 is 0 Å². The molecule has 0 amide bonds. The van der Waals surface area contributed by atoms with Crippen LogP contribution in [0.4, 0.5) is 0 Å². The monoisotopic (exact) mass is 450 g/mol. The van der Waals surface area contributed by atoms with Crippen LogP contribution in [0.1, 0.15) is 21.5 Å². The summed E-state index contributed by atoms with van der Waals surface area (Å²) >= 11 is 0. The van der Waals surface area contributed by atoms with Crippen molar-refractivity contribution in [3.63, 3.8) is 0 Å². The molecule has 0 aromatic heterocycles. The summed E-state index contributed by atoms with van der Waals surface area (Å²) in [6.07, 6.45) is 0. The molecule has 0 saturated carbocycles. The van der Waals surface area contributed by atoms with Gasteiger partial charge in [0.2, 0.25) is 10.0 Å². The fourth-order valence-electron chi connectivity index (χ4n) is 3.05. The van der Waals surface area contributed by atoms with Crippen molar-refractivity contribution in [2.24, 2.45) is 0 Å². The Balaban J connectivity index is 2.00. The lowest BCUT2D eigenvalue weighted by molar-refractivity contribution is 0.0599. The van der Waals surface area contributed by atoms with Crippen molar-refractivity contribution in [2.75, 3.05) is 13.7 Å². The van der Waals surface area contributed by atoms with E-state index in [2.05, 4.69) is 0 Å². The minimum Gasteiger partial charge on any atom is -0.465 e. The molecule has 0 bridgehead atoms. The zero-order valence-corrected chi connectivity index (χ0v) is 18.5. The fraction of sp³-hybridized carbons (Fsp3) is 0.167. The van der Waals surface area contributed by atoms with E-state index in [-0.39, 0.29) is 23.5 Å². The van der Waals surface area contributed by atoms with E-state index in [0.717, 1.165) is 9.87 Å². The molecule has 0 unspecified atom stereocenters. The third-order valence-electron chi connectivity index (χ3n) is 4.71. The lowest BCUT2D eigenvalue weighted by Gasteiger charge is -2.21. The largest absolute Gasteiger partial charge is 0.465 e. The Bertz CT molecular complexity index is 1230. The third-order valence-corrected chi connectivity index (χ3v) is 6.52. The molecule has 0 heterocycles. The first kappa shape index (κ1) is 23.0. The number of para-hydroxylation sites is 1. The number of aryl methyl sites for hydroxylation is 1. The van der Waals surface area contributed by atoms with E-state index in [0.29, 0.717) is 17.1 Å². The van der Waals surface area contributed by atoms with Gasteiger partial charge in [-0.05, 0) is 55.0 Å². The van der Waals surface area contributed by atoms with E-state index in [1.807, 2.05) is 31.2 Å². The van der Waals surface area contributed by atoms with E-state index >= 15 is 0 Å². The van der Waals surface area contributed by atoms with Crippen LogP contribution in [-0.4, -0.2) is 32.3 Å². The molecule has 7 nitrogen and oxygen atoms in total. The molecular weight excluding hydrogens is 428 g/mol. The second-order valence-corrected chi connectivity index (χ2v) is 8.91. The number of benzene rings is 3. The summed E-state index contributed by atoms with van der Waals surface area (Å²) in [5.74, 6) is 0.393. The molecule has 0 aliphatic rings. The molecule has 8 heteroatoms. The van der Waals surface area contributed by atoms with Gasteiger partial charge in [0.15, 0.2) is 0 Å². The predicted molar refractivity (Wildman–Crippen MR) is 119 cm³/mol. The maximum absolute atomic E-state index is 13.2. The highest BCUT2D eigenvalue weighted by Gasteiger charge is 2.26. The maximum Gasteiger partial charge on any atom is 0.338 e. The molecule has 32 heavy (non-hydrogen) atoms. The van der Waals surface area contributed by atoms with Crippen LogP contribution in [0.2, 0.25) is 0 Å². The van der Waals surface area contributed by atoms with Crippen molar-refractivity contribution in [1.29, 1.82) is 5.26 Å². The number of rotatable bonds is 8. The molecule has 0 saturated heterocycles. The molecule has 0 N–H and O–H groups in total. The second kappa shape index (κ2) is 10.1. The zero-order chi connectivity index (χ0) is 23.1. The number of esters is 1. The summed E-state index contributed by atoms with van der Waals surface area (Å²) in [6, 6.07) is 22.0. The number of methoxy groups -OCH3 is 1. The second-order valence-electron chi connectivity index (χ2n) is 6.97. The molecule has 0 radical (unpaired) electrons. The van der Waals surface area contributed by atoms with Crippen LogP contribution in [0.3, 0.4) is 0 Å². The van der Waals surface area contributed by atoms with Gasteiger partial charge in [0.1, 0.15) is 18.0 Å². The van der Waals surface area contributed by atoms with Gasteiger partial charge in [-0.25, -0.2) is 13.2 Å². The molecule has 0 atom stereocenters. The summed E-state index contributed by atoms with van der Waals surface area (Å²) in [6.45, 7) is 1.26. The Labute approximate surface area is 187 Å². The first-order chi connectivity index (χ1) is 15.3. The molecule has 0 aliphatic carbocycles. The van der Waals surface area contributed by atoms with Crippen molar-refractivity contribution >= 4 is 16.0 Å². The molecular formula is C24H22N2O5S. The van der Waals surface area contributed by atoms with Crippen molar-refractivity contribution in [1.82, 2.24) is 4.31 Å². The van der Waals surface area contributed by atoms with Crippen LogP contribution in [-0.2, 0) is 21.3 Å². The van der Waals surface area contributed by atoms with Gasteiger partial charge in [0.25, 0.3) is 0 Å². The van der Waals surface area contributed by atoms with E-state index < -0.39 is 16.0 Å². The van der Waals surface area contributed by atoms with Crippen LogP contribution in [0, 0.1) is 18.3 Å². The van der Waals surface area contributed by atoms with Crippen LogP contribution in [0.15, 0.2) is 77.7 Å². The fourth-order valence-corrected chi connectivity index (χ4v) is 4.37. The maximum atomic E-state index is 13.2. The molecule has 3 aromatic carbocycles. The Kier molecular flexibility index (Phi) is 7.25. The zero-order valence-electron chi connectivity index (χ0n) is 17.7. The Morgan fingerprint density at radius 1 is 1.00 bits per heavy atom. The van der Waals surface area contributed by atoms with E-state index in [9.17, 15) is 18.5 Å². The van der Waals surface area contributed by atoms with Gasteiger partial charge in [0.05, 0.1) is 23.6 Å². The van der Waals surface area contributed by atoms with Gasteiger partial charge in [-0.15, -0.1) is 0 Å². The van der Waals surface area contributed by atoms with Gasteiger partial charge in [-0.1, -0.05) is 35.9 Å².